The number of hydrogen-bond acceptors (Lipinski definition) is 4. The van der Waals surface area contributed by atoms with Gasteiger partial charge in [-0.2, -0.15) is 0 Å². The van der Waals surface area contributed by atoms with Gasteiger partial charge in [0.2, 0.25) is 0 Å². The van der Waals surface area contributed by atoms with E-state index in [1.165, 1.54) is 0 Å². The molecule has 0 unspecified atom stereocenters. The van der Waals surface area contributed by atoms with Gasteiger partial charge in [-0.05, 0) is 37.1 Å². The molecule has 5 heteroatoms. The third kappa shape index (κ3) is 3.21. The largest absolute Gasteiger partial charge is 0.399 e. The standard InChI is InChI=1S/C12H17N5/c1-10-9-11(3-4-12(10)13)14-5-2-7-17-8-6-15-16-17/h3-4,6,8-9,14H,2,5,7,13H2,1H3. The van der Waals surface area contributed by atoms with E-state index in [9.17, 15) is 0 Å². The molecular weight excluding hydrogens is 214 g/mol. The highest BCUT2D eigenvalue weighted by Crippen LogP contribution is 2.16. The summed E-state index contributed by atoms with van der Waals surface area (Å²) in [5, 5.41) is 11.0. The third-order valence-electron chi connectivity index (χ3n) is 2.63. The molecule has 2 rings (SSSR count). The van der Waals surface area contributed by atoms with E-state index in [2.05, 4.69) is 21.7 Å². The monoisotopic (exact) mass is 231 g/mol. The zero-order chi connectivity index (χ0) is 12.1. The maximum Gasteiger partial charge on any atom is 0.0692 e. The quantitative estimate of drug-likeness (QED) is 0.606. The molecule has 1 heterocycles. The van der Waals surface area contributed by atoms with Crippen LogP contribution in [0.5, 0.6) is 0 Å². The van der Waals surface area contributed by atoms with Crippen molar-refractivity contribution in [1.29, 1.82) is 0 Å². The lowest BCUT2D eigenvalue weighted by molar-refractivity contribution is 0.570. The number of aryl methyl sites for hydroxylation is 2. The van der Waals surface area contributed by atoms with E-state index < -0.39 is 0 Å². The van der Waals surface area contributed by atoms with Gasteiger partial charge in [-0.25, -0.2) is 0 Å². The van der Waals surface area contributed by atoms with Crippen LogP contribution in [0.2, 0.25) is 0 Å². The first-order valence-corrected chi connectivity index (χ1v) is 5.70. The summed E-state index contributed by atoms with van der Waals surface area (Å²) >= 11 is 0. The van der Waals surface area contributed by atoms with Crippen LogP contribution >= 0.6 is 0 Å². The molecule has 3 N–H and O–H groups in total. The van der Waals surface area contributed by atoms with E-state index in [0.717, 1.165) is 36.4 Å². The number of nitrogens with two attached hydrogens (primary N) is 1. The first kappa shape index (κ1) is 11.4. The van der Waals surface area contributed by atoms with Crippen molar-refractivity contribution >= 4 is 11.4 Å². The summed E-state index contributed by atoms with van der Waals surface area (Å²) in [7, 11) is 0. The number of nitrogen functional groups attached to an aromatic ring is 1. The fourth-order valence-electron chi connectivity index (χ4n) is 1.61. The topological polar surface area (TPSA) is 68.8 Å². The van der Waals surface area contributed by atoms with Crippen molar-refractivity contribution < 1.29 is 0 Å². The van der Waals surface area contributed by atoms with Crippen LogP contribution in [0, 0.1) is 6.92 Å². The first-order valence-electron chi connectivity index (χ1n) is 5.70. The molecule has 1 aromatic heterocycles. The lowest BCUT2D eigenvalue weighted by Gasteiger charge is -2.08. The van der Waals surface area contributed by atoms with Crippen LogP contribution in [0.15, 0.2) is 30.6 Å². The predicted molar refractivity (Wildman–Crippen MR) is 68.7 cm³/mol. The second kappa shape index (κ2) is 5.34. The molecule has 0 fully saturated rings. The SMILES string of the molecule is Cc1cc(NCCCn2ccnn2)ccc1N. The van der Waals surface area contributed by atoms with Gasteiger partial charge < -0.3 is 11.1 Å². The summed E-state index contributed by atoms with van der Waals surface area (Å²) in [4.78, 5) is 0. The minimum atomic E-state index is 0.832. The van der Waals surface area contributed by atoms with Crippen LogP contribution < -0.4 is 11.1 Å². The van der Waals surface area contributed by atoms with E-state index >= 15 is 0 Å². The number of rotatable bonds is 5. The summed E-state index contributed by atoms with van der Waals surface area (Å²) in [6.45, 7) is 3.79. The second-order valence-corrected chi connectivity index (χ2v) is 4.02. The Bertz CT molecular complexity index is 464. The zero-order valence-corrected chi connectivity index (χ0v) is 9.93. The summed E-state index contributed by atoms with van der Waals surface area (Å²) < 4.78 is 1.83. The Balaban J connectivity index is 1.76. The van der Waals surface area contributed by atoms with Crippen LogP contribution in [0.4, 0.5) is 11.4 Å². The number of nitrogens with one attached hydrogen (secondary N) is 1. The third-order valence-corrected chi connectivity index (χ3v) is 2.63. The van der Waals surface area contributed by atoms with Crippen molar-refractivity contribution in [2.45, 2.75) is 19.9 Å². The summed E-state index contributed by atoms with van der Waals surface area (Å²) in [6, 6.07) is 5.98. The van der Waals surface area contributed by atoms with Gasteiger partial charge in [-0.3, -0.25) is 4.68 Å². The highest BCUT2D eigenvalue weighted by atomic mass is 15.4. The fourth-order valence-corrected chi connectivity index (χ4v) is 1.61. The van der Waals surface area contributed by atoms with Crippen LogP contribution in [0.25, 0.3) is 0 Å². The van der Waals surface area contributed by atoms with Gasteiger partial charge in [0.1, 0.15) is 0 Å². The molecule has 2 aromatic rings. The van der Waals surface area contributed by atoms with E-state index in [1.54, 1.807) is 6.20 Å². The smallest absolute Gasteiger partial charge is 0.0692 e. The summed E-state index contributed by atoms with van der Waals surface area (Å²) in [5.74, 6) is 0. The van der Waals surface area contributed by atoms with Gasteiger partial charge in [-0.1, -0.05) is 5.21 Å². The number of nitrogens with zero attached hydrogens (tertiary/aromatic N) is 3. The Morgan fingerprint density at radius 1 is 1.41 bits per heavy atom. The molecule has 0 amide bonds. The molecule has 17 heavy (non-hydrogen) atoms. The molecular formula is C12H17N5. The molecule has 0 aliphatic heterocycles. The van der Waals surface area contributed by atoms with Crippen molar-refractivity contribution in [3.63, 3.8) is 0 Å². The molecule has 90 valence electrons. The lowest BCUT2D eigenvalue weighted by Crippen LogP contribution is -2.07. The Morgan fingerprint density at radius 3 is 3.00 bits per heavy atom. The van der Waals surface area contributed by atoms with Gasteiger partial charge in [0.05, 0.1) is 6.20 Å². The molecule has 0 atom stereocenters. The van der Waals surface area contributed by atoms with Gasteiger partial charge >= 0.3 is 0 Å². The molecule has 5 nitrogen and oxygen atoms in total. The Hall–Kier alpha value is -2.04. The van der Waals surface area contributed by atoms with Crippen molar-refractivity contribution in [3.05, 3.63) is 36.2 Å². The molecule has 0 spiro atoms. The average molecular weight is 231 g/mol. The predicted octanol–water partition coefficient (Wildman–Crippen LogP) is 1.67. The van der Waals surface area contributed by atoms with Crippen LogP contribution in [-0.4, -0.2) is 21.5 Å². The van der Waals surface area contributed by atoms with Crippen LogP contribution in [0.3, 0.4) is 0 Å². The molecule has 0 saturated carbocycles. The van der Waals surface area contributed by atoms with Crippen LogP contribution in [-0.2, 0) is 6.54 Å². The minimum Gasteiger partial charge on any atom is -0.399 e. The Kier molecular flexibility index (Phi) is 3.59. The highest BCUT2D eigenvalue weighted by molar-refractivity contribution is 5.56. The van der Waals surface area contributed by atoms with Crippen molar-refractivity contribution in [3.8, 4) is 0 Å². The number of aromatic nitrogens is 3. The molecule has 0 radical (unpaired) electrons. The van der Waals surface area contributed by atoms with E-state index in [0.29, 0.717) is 0 Å². The maximum atomic E-state index is 5.76. The number of benzene rings is 1. The number of anilines is 2. The Morgan fingerprint density at radius 2 is 2.29 bits per heavy atom. The van der Waals surface area contributed by atoms with E-state index in [1.807, 2.05) is 29.9 Å². The number of hydrogen-bond donors (Lipinski definition) is 2. The second-order valence-electron chi connectivity index (χ2n) is 4.02. The summed E-state index contributed by atoms with van der Waals surface area (Å²) in [6.07, 6.45) is 4.57. The Labute approximate surface area is 101 Å². The summed E-state index contributed by atoms with van der Waals surface area (Å²) in [5.41, 5.74) is 8.80. The molecule has 0 bridgehead atoms. The van der Waals surface area contributed by atoms with Crippen LogP contribution in [0.1, 0.15) is 12.0 Å². The zero-order valence-electron chi connectivity index (χ0n) is 9.93. The van der Waals surface area contributed by atoms with E-state index in [-0.39, 0.29) is 0 Å². The van der Waals surface area contributed by atoms with Gasteiger partial charge in [-0.15, -0.1) is 5.10 Å². The average Bonchev–Trinajstić information content (AvgIpc) is 2.82. The van der Waals surface area contributed by atoms with Gasteiger partial charge in [0, 0.05) is 30.7 Å². The van der Waals surface area contributed by atoms with Gasteiger partial charge in [0.25, 0.3) is 0 Å². The molecule has 0 saturated heterocycles. The van der Waals surface area contributed by atoms with Crippen molar-refractivity contribution in [2.24, 2.45) is 0 Å². The normalized spacial score (nSPS) is 10.4. The highest BCUT2D eigenvalue weighted by Gasteiger charge is 1.96. The van der Waals surface area contributed by atoms with Crippen molar-refractivity contribution in [2.75, 3.05) is 17.6 Å². The maximum absolute atomic E-state index is 5.76. The molecule has 0 aliphatic carbocycles. The van der Waals surface area contributed by atoms with Gasteiger partial charge in [0.15, 0.2) is 0 Å². The molecule has 1 aromatic carbocycles. The minimum absolute atomic E-state index is 0.832. The van der Waals surface area contributed by atoms with E-state index in [4.69, 9.17) is 5.73 Å². The molecule has 0 aliphatic rings. The first-order chi connectivity index (χ1) is 8.25. The lowest BCUT2D eigenvalue weighted by atomic mass is 10.2. The van der Waals surface area contributed by atoms with Crippen molar-refractivity contribution in [1.82, 2.24) is 15.0 Å². The fraction of sp³-hybridized carbons (Fsp3) is 0.333.